The third-order valence-corrected chi connectivity index (χ3v) is 6.65. The number of nitrogen functional groups attached to an aromatic ring is 1. The number of fused-ring (bicyclic) bond motifs is 1. The average molecular weight is 557 g/mol. The minimum Gasteiger partial charge on any atom is -0.477 e. The molecule has 0 spiro atoms. The zero-order valence-electron chi connectivity index (χ0n) is 20.7. The van der Waals surface area contributed by atoms with Crippen LogP contribution in [0.15, 0.2) is 45.9 Å². The molecule has 0 amide bonds. The fourth-order valence-corrected chi connectivity index (χ4v) is 4.65. The van der Waals surface area contributed by atoms with E-state index >= 15 is 0 Å². The highest BCUT2D eigenvalue weighted by Crippen LogP contribution is 2.30. The van der Waals surface area contributed by atoms with Crippen molar-refractivity contribution in [3.63, 3.8) is 0 Å². The van der Waals surface area contributed by atoms with E-state index in [9.17, 15) is 9.59 Å². The van der Waals surface area contributed by atoms with E-state index in [0.29, 0.717) is 29.6 Å². The fourth-order valence-electron chi connectivity index (χ4n) is 4.30. The van der Waals surface area contributed by atoms with Crippen LogP contribution in [0.25, 0.3) is 22.2 Å². The zero-order valence-corrected chi connectivity index (χ0v) is 22.3. The van der Waals surface area contributed by atoms with Gasteiger partial charge in [-0.3, -0.25) is 4.79 Å². The second-order valence-electron chi connectivity index (χ2n) is 8.70. The SMILES string of the molecule is COC(=O)c1cc(-c2cnn(C)c2OCCCCC(C)n2c(N)nc3ccc(Br)cc32)c(=O)n(C)c1. The topological polar surface area (TPSA) is 119 Å². The first-order chi connectivity index (χ1) is 17.2. The third-order valence-electron chi connectivity index (χ3n) is 6.15. The Hall–Kier alpha value is -3.60. The van der Waals surface area contributed by atoms with Gasteiger partial charge in [0.15, 0.2) is 0 Å². The molecular formula is C25H29BrN6O4. The summed E-state index contributed by atoms with van der Waals surface area (Å²) in [6.45, 7) is 2.57. The third kappa shape index (κ3) is 5.01. The van der Waals surface area contributed by atoms with Gasteiger partial charge in [0.05, 0.1) is 47.6 Å². The number of hydrogen-bond donors (Lipinski definition) is 1. The number of hydrogen-bond acceptors (Lipinski definition) is 7. The normalized spacial score (nSPS) is 12.1. The molecule has 1 aromatic carbocycles. The monoisotopic (exact) mass is 556 g/mol. The number of imidazole rings is 1. The summed E-state index contributed by atoms with van der Waals surface area (Å²) in [6.07, 6.45) is 5.61. The van der Waals surface area contributed by atoms with E-state index in [1.807, 2.05) is 18.2 Å². The highest BCUT2D eigenvalue weighted by Gasteiger charge is 2.19. The molecule has 10 nitrogen and oxygen atoms in total. The molecule has 2 N–H and O–H groups in total. The summed E-state index contributed by atoms with van der Waals surface area (Å²) < 4.78 is 16.8. The zero-order chi connectivity index (χ0) is 26.0. The lowest BCUT2D eigenvalue weighted by Gasteiger charge is -2.16. The van der Waals surface area contributed by atoms with Crippen LogP contribution in [0.4, 0.5) is 5.95 Å². The van der Waals surface area contributed by atoms with Gasteiger partial charge in [0, 0.05) is 30.8 Å². The van der Waals surface area contributed by atoms with Crippen LogP contribution in [-0.4, -0.2) is 43.6 Å². The van der Waals surface area contributed by atoms with Crippen molar-refractivity contribution < 1.29 is 14.3 Å². The molecule has 0 radical (unpaired) electrons. The molecule has 1 atom stereocenters. The maximum atomic E-state index is 12.8. The number of nitrogens with zero attached hydrogens (tertiary/aromatic N) is 5. The summed E-state index contributed by atoms with van der Waals surface area (Å²) in [5.74, 6) is 0.449. The Morgan fingerprint density at radius 3 is 2.72 bits per heavy atom. The molecule has 0 saturated heterocycles. The van der Waals surface area contributed by atoms with Crippen molar-refractivity contribution in [1.29, 1.82) is 0 Å². The molecule has 11 heteroatoms. The highest BCUT2D eigenvalue weighted by atomic mass is 79.9. The Balaban J connectivity index is 1.42. The lowest BCUT2D eigenvalue weighted by atomic mass is 10.1. The molecule has 36 heavy (non-hydrogen) atoms. The van der Waals surface area contributed by atoms with Crippen LogP contribution < -0.4 is 16.0 Å². The largest absolute Gasteiger partial charge is 0.477 e. The molecule has 0 aliphatic heterocycles. The lowest BCUT2D eigenvalue weighted by Crippen LogP contribution is -2.20. The van der Waals surface area contributed by atoms with E-state index in [1.165, 1.54) is 23.9 Å². The molecule has 4 aromatic rings. The van der Waals surface area contributed by atoms with Crippen LogP contribution >= 0.6 is 15.9 Å². The molecule has 0 bridgehead atoms. The first-order valence-corrected chi connectivity index (χ1v) is 12.4. The summed E-state index contributed by atoms with van der Waals surface area (Å²) in [7, 11) is 4.64. The van der Waals surface area contributed by atoms with Crippen LogP contribution in [0.1, 0.15) is 42.6 Å². The van der Waals surface area contributed by atoms with Crippen LogP contribution in [-0.2, 0) is 18.8 Å². The average Bonchev–Trinajstić information content (AvgIpc) is 3.38. The first-order valence-electron chi connectivity index (χ1n) is 11.6. The molecule has 190 valence electrons. The number of unbranched alkanes of at least 4 members (excludes halogenated alkanes) is 1. The molecular weight excluding hydrogens is 528 g/mol. The maximum Gasteiger partial charge on any atom is 0.339 e. The van der Waals surface area contributed by atoms with Crippen LogP contribution in [0.3, 0.4) is 0 Å². The maximum absolute atomic E-state index is 12.8. The number of rotatable bonds is 9. The Morgan fingerprint density at radius 2 is 1.97 bits per heavy atom. The minimum atomic E-state index is -0.522. The Bertz CT molecular complexity index is 1470. The summed E-state index contributed by atoms with van der Waals surface area (Å²) in [6, 6.07) is 7.61. The van der Waals surface area contributed by atoms with Crippen molar-refractivity contribution in [1.82, 2.24) is 23.9 Å². The summed E-state index contributed by atoms with van der Waals surface area (Å²) in [5, 5.41) is 4.26. The van der Waals surface area contributed by atoms with Gasteiger partial charge in [-0.2, -0.15) is 5.10 Å². The Kier molecular flexibility index (Phi) is 7.48. The van der Waals surface area contributed by atoms with E-state index < -0.39 is 5.97 Å². The number of methoxy groups -OCH3 is 1. The second kappa shape index (κ2) is 10.6. The van der Waals surface area contributed by atoms with E-state index in [0.717, 1.165) is 34.8 Å². The van der Waals surface area contributed by atoms with Gasteiger partial charge in [0.25, 0.3) is 5.56 Å². The predicted molar refractivity (Wildman–Crippen MR) is 141 cm³/mol. The van der Waals surface area contributed by atoms with E-state index in [4.69, 9.17) is 15.2 Å². The number of carbonyl (C=O) groups excluding carboxylic acids is 1. The predicted octanol–water partition coefficient (Wildman–Crippen LogP) is 4.08. The van der Waals surface area contributed by atoms with Crippen LogP contribution in [0.2, 0.25) is 0 Å². The molecule has 3 aromatic heterocycles. The minimum absolute atomic E-state index is 0.167. The van der Waals surface area contributed by atoms with Crippen molar-refractivity contribution >= 4 is 38.9 Å². The summed E-state index contributed by atoms with van der Waals surface area (Å²) in [5.41, 5.74) is 8.94. The Morgan fingerprint density at radius 1 is 1.19 bits per heavy atom. The van der Waals surface area contributed by atoms with Gasteiger partial charge < -0.3 is 24.3 Å². The number of benzene rings is 1. The number of esters is 1. The number of aromatic nitrogens is 5. The quantitative estimate of drug-likeness (QED) is 0.243. The molecule has 0 aliphatic carbocycles. The van der Waals surface area contributed by atoms with E-state index in [2.05, 4.69) is 37.5 Å². The molecule has 4 rings (SSSR count). The molecule has 0 fully saturated rings. The van der Waals surface area contributed by atoms with Crippen molar-refractivity contribution in [2.75, 3.05) is 19.5 Å². The van der Waals surface area contributed by atoms with Crippen molar-refractivity contribution in [2.24, 2.45) is 14.1 Å². The molecule has 0 saturated carbocycles. The van der Waals surface area contributed by atoms with Gasteiger partial charge in [-0.15, -0.1) is 0 Å². The van der Waals surface area contributed by atoms with Crippen molar-refractivity contribution in [2.45, 2.75) is 32.2 Å². The lowest BCUT2D eigenvalue weighted by molar-refractivity contribution is 0.0599. The van der Waals surface area contributed by atoms with Crippen LogP contribution in [0.5, 0.6) is 5.88 Å². The van der Waals surface area contributed by atoms with Gasteiger partial charge in [0.2, 0.25) is 11.8 Å². The Labute approximate surface area is 216 Å². The molecule has 0 aliphatic rings. The van der Waals surface area contributed by atoms with Gasteiger partial charge in [-0.1, -0.05) is 15.9 Å². The smallest absolute Gasteiger partial charge is 0.339 e. The number of pyridine rings is 1. The van der Waals surface area contributed by atoms with Crippen molar-refractivity contribution in [3.05, 3.63) is 57.0 Å². The summed E-state index contributed by atoms with van der Waals surface area (Å²) >= 11 is 3.52. The number of anilines is 1. The van der Waals surface area contributed by atoms with Gasteiger partial charge in [0.1, 0.15) is 0 Å². The van der Waals surface area contributed by atoms with E-state index in [-0.39, 0.29) is 17.2 Å². The van der Waals surface area contributed by atoms with Crippen LogP contribution in [0, 0.1) is 0 Å². The second-order valence-corrected chi connectivity index (χ2v) is 9.62. The fraction of sp³-hybridized carbons (Fsp3) is 0.360. The van der Waals surface area contributed by atoms with E-state index in [1.54, 1.807) is 25.0 Å². The number of halogens is 1. The van der Waals surface area contributed by atoms with Gasteiger partial charge in [-0.25, -0.2) is 14.5 Å². The number of nitrogens with two attached hydrogens (primary N) is 1. The standard InChI is InChI=1S/C25H29BrN6O4/c1-15(32-21-12-17(26)8-9-20(21)29-25(32)27)7-5-6-10-36-23-19(13-28-31(23)3)18-11-16(24(34)35-4)14-30(2)22(18)33/h8-9,11-15H,5-7,10H2,1-4H3,(H2,27,29). The number of aryl methyl sites for hydroxylation is 2. The molecule has 3 heterocycles. The van der Waals surface area contributed by atoms with Crippen molar-refractivity contribution in [3.8, 4) is 17.0 Å². The highest BCUT2D eigenvalue weighted by molar-refractivity contribution is 9.10. The summed E-state index contributed by atoms with van der Waals surface area (Å²) in [4.78, 5) is 29.3. The number of carbonyl (C=O) groups is 1. The number of ether oxygens (including phenoxy) is 2. The first kappa shape index (κ1) is 25.5. The van der Waals surface area contributed by atoms with Gasteiger partial charge in [-0.05, 0) is 50.5 Å². The molecule has 1 unspecified atom stereocenters. The van der Waals surface area contributed by atoms with Gasteiger partial charge >= 0.3 is 5.97 Å².